The number of nitrogens with one attached hydrogen (secondary N) is 3. The van der Waals surface area contributed by atoms with Gasteiger partial charge in [-0.1, -0.05) is 18.2 Å². The summed E-state index contributed by atoms with van der Waals surface area (Å²) < 4.78 is 0. The van der Waals surface area contributed by atoms with Crippen molar-refractivity contribution in [2.24, 2.45) is 5.10 Å². The molecule has 0 amide bonds. The summed E-state index contributed by atoms with van der Waals surface area (Å²) in [5.74, 6) is -0.526. The molecule has 0 saturated heterocycles. The molecule has 2 rings (SSSR count). The monoisotopic (exact) mass is 246 g/mol. The average Bonchev–Trinajstić information content (AvgIpc) is 2.34. The van der Waals surface area contributed by atoms with Crippen molar-refractivity contribution in [2.45, 2.75) is 0 Å². The lowest BCUT2D eigenvalue weighted by Crippen LogP contribution is -2.25. The largest absolute Gasteiger partial charge is 0.494 e. The highest BCUT2D eigenvalue weighted by Gasteiger charge is 2.04. The molecule has 92 valence electrons. The second-order valence-corrected chi connectivity index (χ2v) is 3.41. The van der Waals surface area contributed by atoms with E-state index in [1.54, 1.807) is 12.1 Å². The molecule has 1 aromatic heterocycles. The van der Waals surface area contributed by atoms with Gasteiger partial charge in [0.05, 0.1) is 11.9 Å². The van der Waals surface area contributed by atoms with Crippen molar-refractivity contribution in [2.75, 3.05) is 5.43 Å². The molecule has 0 unspecified atom stereocenters. The summed E-state index contributed by atoms with van der Waals surface area (Å²) in [5.41, 5.74) is 1.79. The van der Waals surface area contributed by atoms with Gasteiger partial charge in [0, 0.05) is 0 Å². The Balaban J connectivity index is 2.20. The molecule has 7 heteroatoms. The summed E-state index contributed by atoms with van der Waals surface area (Å²) in [4.78, 5) is 26.2. The third-order valence-corrected chi connectivity index (χ3v) is 2.12. The van der Waals surface area contributed by atoms with Gasteiger partial charge in [-0.15, -0.1) is 0 Å². The highest BCUT2D eigenvalue weighted by atomic mass is 16.3. The molecule has 2 aromatic rings. The molecule has 0 aliphatic rings. The van der Waals surface area contributed by atoms with Gasteiger partial charge in [0.1, 0.15) is 5.56 Å². The molecular weight excluding hydrogens is 236 g/mol. The maximum atomic E-state index is 11.3. The molecule has 0 spiro atoms. The minimum Gasteiger partial charge on any atom is -0.494 e. The Morgan fingerprint density at radius 2 is 1.89 bits per heavy atom. The van der Waals surface area contributed by atoms with Crippen LogP contribution in [0.2, 0.25) is 0 Å². The number of aromatic amines is 2. The fraction of sp³-hybridized carbons (Fsp3) is 0. The maximum Gasteiger partial charge on any atom is 0.328 e. The standard InChI is InChI=1S/C11H10N4O3/c16-9-8(10(17)14-11(18)13-9)6-12-15-7-4-2-1-3-5-7/h1-6,15H,(H3,13,14,16,17,18)/b12-6+. The van der Waals surface area contributed by atoms with Crippen LogP contribution in [0, 0.1) is 0 Å². The van der Waals surface area contributed by atoms with Crippen LogP contribution in [-0.4, -0.2) is 21.3 Å². The van der Waals surface area contributed by atoms with Crippen LogP contribution in [0.15, 0.2) is 45.0 Å². The maximum absolute atomic E-state index is 11.3. The van der Waals surface area contributed by atoms with Crippen LogP contribution in [0.25, 0.3) is 0 Å². The van der Waals surface area contributed by atoms with E-state index in [2.05, 4.69) is 15.5 Å². The third-order valence-electron chi connectivity index (χ3n) is 2.12. The summed E-state index contributed by atoms with van der Waals surface area (Å²) in [7, 11) is 0. The van der Waals surface area contributed by atoms with Crippen LogP contribution in [0.5, 0.6) is 5.88 Å². The second-order valence-electron chi connectivity index (χ2n) is 3.41. The van der Waals surface area contributed by atoms with Crippen LogP contribution in [0.3, 0.4) is 0 Å². The number of H-pyrrole nitrogens is 2. The first-order valence-electron chi connectivity index (χ1n) is 5.06. The van der Waals surface area contributed by atoms with Crippen LogP contribution < -0.4 is 16.7 Å². The number of anilines is 1. The van der Waals surface area contributed by atoms with Crippen molar-refractivity contribution >= 4 is 11.9 Å². The molecule has 0 bridgehead atoms. The molecule has 7 nitrogen and oxygen atoms in total. The number of benzene rings is 1. The SMILES string of the molecule is O=c1[nH]c(O)c(/C=N/Nc2ccccc2)c(=O)[nH]1. The van der Waals surface area contributed by atoms with Gasteiger partial charge in [0.2, 0.25) is 5.88 Å². The number of rotatable bonds is 3. The first-order valence-corrected chi connectivity index (χ1v) is 5.06. The molecule has 0 fully saturated rings. The highest BCUT2D eigenvalue weighted by Crippen LogP contribution is 2.05. The number of aromatic hydroxyl groups is 1. The molecule has 0 aliphatic carbocycles. The lowest BCUT2D eigenvalue weighted by molar-refractivity contribution is 0.447. The Kier molecular flexibility index (Phi) is 3.24. The minimum absolute atomic E-state index is 0.127. The topological polar surface area (TPSA) is 110 Å². The molecule has 1 heterocycles. The van der Waals surface area contributed by atoms with E-state index in [1.807, 2.05) is 23.2 Å². The molecule has 1 aromatic carbocycles. The van der Waals surface area contributed by atoms with E-state index < -0.39 is 17.1 Å². The van der Waals surface area contributed by atoms with E-state index in [9.17, 15) is 14.7 Å². The van der Waals surface area contributed by atoms with Gasteiger partial charge < -0.3 is 5.11 Å². The van der Waals surface area contributed by atoms with E-state index >= 15 is 0 Å². The lowest BCUT2D eigenvalue weighted by atomic mass is 10.3. The Morgan fingerprint density at radius 3 is 2.56 bits per heavy atom. The number of hydrazone groups is 1. The predicted molar refractivity (Wildman–Crippen MR) is 67.0 cm³/mol. The van der Waals surface area contributed by atoms with E-state index in [4.69, 9.17) is 0 Å². The zero-order valence-electron chi connectivity index (χ0n) is 9.18. The quantitative estimate of drug-likeness (QED) is 0.458. The normalized spacial score (nSPS) is 10.7. The van der Waals surface area contributed by atoms with Crippen molar-refractivity contribution in [1.82, 2.24) is 9.97 Å². The Hall–Kier alpha value is -2.83. The van der Waals surface area contributed by atoms with Crippen LogP contribution in [0.4, 0.5) is 5.69 Å². The second kappa shape index (κ2) is 5.00. The van der Waals surface area contributed by atoms with Crippen molar-refractivity contribution in [3.63, 3.8) is 0 Å². The van der Waals surface area contributed by atoms with Gasteiger partial charge in [-0.25, -0.2) is 4.79 Å². The number of hydrogen-bond acceptors (Lipinski definition) is 5. The summed E-state index contributed by atoms with van der Waals surface area (Å²) in [6.45, 7) is 0. The predicted octanol–water partition coefficient (Wildman–Crippen LogP) is 0.215. The molecular formula is C11H10N4O3. The molecule has 0 saturated carbocycles. The number of aromatic nitrogens is 2. The summed E-state index contributed by atoms with van der Waals surface area (Å²) in [6, 6.07) is 9.07. The Labute approximate surface area is 101 Å². The highest BCUT2D eigenvalue weighted by molar-refractivity contribution is 5.82. The van der Waals surface area contributed by atoms with Crippen LogP contribution in [-0.2, 0) is 0 Å². The van der Waals surface area contributed by atoms with E-state index in [0.717, 1.165) is 11.9 Å². The van der Waals surface area contributed by atoms with E-state index in [-0.39, 0.29) is 5.56 Å². The van der Waals surface area contributed by atoms with E-state index in [0.29, 0.717) is 0 Å². The fourth-order valence-corrected chi connectivity index (χ4v) is 1.29. The minimum atomic E-state index is -0.773. The summed E-state index contributed by atoms with van der Waals surface area (Å²) in [6.07, 6.45) is 1.12. The zero-order chi connectivity index (χ0) is 13.0. The zero-order valence-corrected chi connectivity index (χ0v) is 9.18. The summed E-state index contributed by atoms with van der Waals surface area (Å²) >= 11 is 0. The smallest absolute Gasteiger partial charge is 0.328 e. The Bertz CT molecular complexity index is 673. The van der Waals surface area contributed by atoms with Crippen molar-refractivity contribution < 1.29 is 5.11 Å². The third kappa shape index (κ3) is 2.64. The average molecular weight is 246 g/mol. The van der Waals surface area contributed by atoms with Gasteiger partial charge in [-0.05, 0) is 12.1 Å². The number of hydrogen-bond donors (Lipinski definition) is 4. The molecule has 18 heavy (non-hydrogen) atoms. The fourth-order valence-electron chi connectivity index (χ4n) is 1.29. The molecule has 4 N–H and O–H groups in total. The van der Waals surface area contributed by atoms with Crippen LogP contribution >= 0.6 is 0 Å². The van der Waals surface area contributed by atoms with Gasteiger partial charge in [0.15, 0.2) is 0 Å². The van der Waals surface area contributed by atoms with Crippen molar-refractivity contribution in [3.05, 3.63) is 56.7 Å². The first-order chi connectivity index (χ1) is 8.66. The van der Waals surface area contributed by atoms with Crippen molar-refractivity contribution in [3.8, 4) is 5.88 Å². The number of nitrogens with zero attached hydrogens (tertiary/aromatic N) is 1. The summed E-state index contributed by atoms with van der Waals surface area (Å²) in [5, 5.41) is 13.2. The molecule has 0 atom stereocenters. The first kappa shape index (κ1) is 11.6. The van der Waals surface area contributed by atoms with Crippen molar-refractivity contribution in [1.29, 1.82) is 0 Å². The molecule has 0 radical (unpaired) electrons. The van der Waals surface area contributed by atoms with Gasteiger partial charge >= 0.3 is 5.69 Å². The Morgan fingerprint density at radius 1 is 1.17 bits per heavy atom. The lowest BCUT2D eigenvalue weighted by Gasteiger charge is -1.99. The van der Waals surface area contributed by atoms with Gasteiger partial charge in [0.25, 0.3) is 5.56 Å². The van der Waals surface area contributed by atoms with Crippen LogP contribution in [0.1, 0.15) is 5.56 Å². The molecule has 0 aliphatic heterocycles. The number of para-hydroxylation sites is 1. The van der Waals surface area contributed by atoms with E-state index in [1.165, 1.54) is 0 Å². The van der Waals surface area contributed by atoms with Gasteiger partial charge in [-0.2, -0.15) is 5.10 Å². The van der Waals surface area contributed by atoms with Gasteiger partial charge in [-0.3, -0.25) is 20.2 Å².